The molecule has 0 bridgehead atoms. The smallest absolute Gasteiger partial charge is 0.431 e. The molecule has 0 radical (unpaired) electrons. The lowest BCUT2D eigenvalue weighted by molar-refractivity contribution is -0.207. The highest BCUT2D eigenvalue weighted by atomic mass is 16.8. The normalized spacial score (nSPS) is 21.8. The predicted molar refractivity (Wildman–Crippen MR) is 88.9 cm³/mol. The van der Waals surface area contributed by atoms with Crippen molar-refractivity contribution in [3.63, 3.8) is 0 Å². The number of carbonyl (C=O) groups excluding carboxylic acids is 2. The lowest BCUT2D eigenvalue weighted by atomic mass is 9.98. The van der Waals surface area contributed by atoms with Crippen LogP contribution in [0.3, 0.4) is 0 Å². The molecule has 2 aliphatic carbocycles. The number of ether oxygens (including phenoxy) is 5. The van der Waals surface area contributed by atoms with Gasteiger partial charge in [0, 0.05) is 0 Å². The van der Waals surface area contributed by atoms with Gasteiger partial charge in [0.25, 0.3) is 0 Å². The first kappa shape index (κ1) is 19.8. The average Bonchev–Trinajstić information content (AvgIpc) is 2.55. The van der Waals surface area contributed by atoms with Gasteiger partial charge in [-0.1, -0.05) is 12.8 Å². The van der Waals surface area contributed by atoms with Gasteiger partial charge in [0.2, 0.25) is 12.6 Å². The van der Waals surface area contributed by atoms with Crippen molar-refractivity contribution in [3.05, 3.63) is 0 Å². The second-order valence-corrected chi connectivity index (χ2v) is 6.76. The van der Waals surface area contributed by atoms with Gasteiger partial charge >= 0.3 is 12.3 Å². The third-order valence-corrected chi connectivity index (χ3v) is 4.54. The Morgan fingerprint density at radius 3 is 1.40 bits per heavy atom. The van der Waals surface area contributed by atoms with Crippen LogP contribution >= 0.6 is 0 Å². The number of rotatable bonds is 6. The quantitative estimate of drug-likeness (QED) is 0.504. The van der Waals surface area contributed by atoms with E-state index in [1.54, 1.807) is 13.8 Å². The van der Waals surface area contributed by atoms with Crippen molar-refractivity contribution in [3.8, 4) is 0 Å². The molecule has 0 heterocycles. The predicted octanol–water partition coefficient (Wildman–Crippen LogP) is 4.67. The molecule has 0 spiro atoms. The molecular formula is C18H30O7. The molecule has 25 heavy (non-hydrogen) atoms. The van der Waals surface area contributed by atoms with E-state index in [0.717, 1.165) is 51.4 Å². The van der Waals surface area contributed by atoms with Crippen LogP contribution in [0.25, 0.3) is 0 Å². The van der Waals surface area contributed by atoms with Gasteiger partial charge in [-0.2, -0.15) is 0 Å². The van der Waals surface area contributed by atoms with Crippen LogP contribution in [0.5, 0.6) is 0 Å². The van der Waals surface area contributed by atoms with Gasteiger partial charge in [-0.25, -0.2) is 9.59 Å². The summed E-state index contributed by atoms with van der Waals surface area (Å²) in [6, 6.07) is 0. The van der Waals surface area contributed by atoms with Gasteiger partial charge in [-0.15, -0.1) is 0 Å². The third kappa shape index (κ3) is 7.94. The molecule has 2 aliphatic rings. The Morgan fingerprint density at radius 2 is 1.04 bits per heavy atom. The molecule has 2 rings (SSSR count). The molecule has 2 atom stereocenters. The second kappa shape index (κ2) is 10.5. The minimum Gasteiger partial charge on any atom is -0.431 e. The summed E-state index contributed by atoms with van der Waals surface area (Å²) in [4.78, 5) is 23.5. The first-order valence-corrected chi connectivity index (χ1v) is 9.43. The summed E-state index contributed by atoms with van der Waals surface area (Å²) in [6.45, 7) is 3.10. The molecule has 0 aromatic heterocycles. The van der Waals surface area contributed by atoms with Crippen molar-refractivity contribution in [2.24, 2.45) is 0 Å². The first-order valence-electron chi connectivity index (χ1n) is 9.43. The first-order chi connectivity index (χ1) is 12.0. The summed E-state index contributed by atoms with van der Waals surface area (Å²) in [5.74, 6) is 0. The van der Waals surface area contributed by atoms with E-state index in [-0.39, 0.29) is 12.2 Å². The molecule has 0 aromatic carbocycles. The summed E-state index contributed by atoms with van der Waals surface area (Å²) in [5, 5.41) is 0. The Morgan fingerprint density at radius 1 is 0.680 bits per heavy atom. The molecular weight excluding hydrogens is 328 g/mol. The zero-order valence-electron chi connectivity index (χ0n) is 15.2. The Bertz CT molecular complexity index is 376. The maximum atomic E-state index is 11.7. The highest BCUT2D eigenvalue weighted by Crippen LogP contribution is 2.22. The van der Waals surface area contributed by atoms with E-state index in [1.165, 1.54) is 12.8 Å². The van der Waals surface area contributed by atoms with Crippen LogP contribution in [-0.4, -0.2) is 37.1 Å². The van der Waals surface area contributed by atoms with Crippen LogP contribution in [0.15, 0.2) is 0 Å². The average molecular weight is 358 g/mol. The largest absolute Gasteiger partial charge is 0.510 e. The Labute approximate surface area is 149 Å². The topological polar surface area (TPSA) is 80.3 Å². The zero-order valence-corrected chi connectivity index (χ0v) is 15.2. The Kier molecular flexibility index (Phi) is 8.31. The molecule has 0 amide bonds. The number of carbonyl (C=O) groups is 2. The van der Waals surface area contributed by atoms with Gasteiger partial charge < -0.3 is 23.7 Å². The minimum atomic E-state index is -0.881. The van der Waals surface area contributed by atoms with Gasteiger partial charge in [0.15, 0.2) is 0 Å². The fourth-order valence-electron chi connectivity index (χ4n) is 3.29. The molecule has 0 aliphatic heterocycles. The van der Waals surface area contributed by atoms with E-state index in [0.29, 0.717) is 0 Å². The van der Waals surface area contributed by atoms with Gasteiger partial charge in [0.1, 0.15) is 12.2 Å². The maximum Gasteiger partial charge on any atom is 0.510 e. The molecule has 0 N–H and O–H groups in total. The Hall–Kier alpha value is -1.50. The molecule has 7 nitrogen and oxygen atoms in total. The second-order valence-electron chi connectivity index (χ2n) is 6.76. The monoisotopic (exact) mass is 358 g/mol. The van der Waals surface area contributed by atoms with E-state index < -0.39 is 24.9 Å². The third-order valence-electron chi connectivity index (χ3n) is 4.54. The van der Waals surface area contributed by atoms with Crippen molar-refractivity contribution < 1.29 is 33.3 Å². The number of hydrogen-bond donors (Lipinski definition) is 0. The molecule has 7 heteroatoms. The van der Waals surface area contributed by atoms with E-state index in [2.05, 4.69) is 0 Å². The zero-order chi connectivity index (χ0) is 18.1. The molecule has 2 unspecified atom stereocenters. The van der Waals surface area contributed by atoms with Gasteiger partial charge in [-0.3, -0.25) is 0 Å². The SMILES string of the molecule is CC(OC(=O)OC1CCCCC1)OC(C)OC(=O)OC1CCCCC1. The van der Waals surface area contributed by atoms with Crippen LogP contribution in [0.2, 0.25) is 0 Å². The van der Waals surface area contributed by atoms with Crippen molar-refractivity contribution in [2.45, 2.75) is 103 Å². The van der Waals surface area contributed by atoms with Crippen molar-refractivity contribution in [1.29, 1.82) is 0 Å². The maximum absolute atomic E-state index is 11.7. The lowest BCUT2D eigenvalue weighted by Crippen LogP contribution is -2.30. The van der Waals surface area contributed by atoms with Crippen LogP contribution in [-0.2, 0) is 23.7 Å². The molecule has 2 fully saturated rings. The van der Waals surface area contributed by atoms with Gasteiger partial charge in [0.05, 0.1) is 0 Å². The fraction of sp³-hybridized carbons (Fsp3) is 0.889. The summed E-state index contributed by atoms with van der Waals surface area (Å²) in [7, 11) is 0. The molecule has 2 saturated carbocycles. The van der Waals surface area contributed by atoms with Crippen molar-refractivity contribution >= 4 is 12.3 Å². The van der Waals surface area contributed by atoms with Crippen LogP contribution in [0.1, 0.15) is 78.1 Å². The minimum absolute atomic E-state index is 0.0763. The molecule has 0 saturated heterocycles. The summed E-state index contributed by atoms with van der Waals surface area (Å²) in [6.07, 6.45) is 6.70. The summed E-state index contributed by atoms with van der Waals surface area (Å²) >= 11 is 0. The van der Waals surface area contributed by atoms with Crippen molar-refractivity contribution in [2.75, 3.05) is 0 Å². The Balaban J connectivity index is 1.60. The van der Waals surface area contributed by atoms with Gasteiger partial charge in [-0.05, 0) is 65.2 Å². The highest BCUT2D eigenvalue weighted by Gasteiger charge is 2.23. The lowest BCUT2D eigenvalue weighted by Gasteiger charge is -2.24. The van der Waals surface area contributed by atoms with Crippen LogP contribution in [0, 0.1) is 0 Å². The highest BCUT2D eigenvalue weighted by molar-refractivity contribution is 5.60. The standard InChI is InChI=1S/C18H30O7/c1-13(22-17(19)24-15-9-5-3-6-10-15)21-14(2)23-18(20)25-16-11-7-4-8-12-16/h13-16H,3-12H2,1-2H3. The van der Waals surface area contributed by atoms with E-state index in [1.807, 2.05) is 0 Å². The molecule has 144 valence electrons. The van der Waals surface area contributed by atoms with E-state index in [9.17, 15) is 9.59 Å². The van der Waals surface area contributed by atoms with E-state index >= 15 is 0 Å². The van der Waals surface area contributed by atoms with E-state index in [4.69, 9.17) is 23.7 Å². The van der Waals surface area contributed by atoms with Crippen LogP contribution in [0.4, 0.5) is 9.59 Å². The van der Waals surface area contributed by atoms with Crippen LogP contribution < -0.4 is 0 Å². The summed E-state index contributed by atoms with van der Waals surface area (Å²) < 4.78 is 25.9. The summed E-state index contributed by atoms with van der Waals surface area (Å²) in [5.41, 5.74) is 0. The molecule has 0 aromatic rings. The number of hydrogen-bond acceptors (Lipinski definition) is 7. The fourth-order valence-corrected chi connectivity index (χ4v) is 3.29. The van der Waals surface area contributed by atoms with Crippen molar-refractivity contribution in [1.82, 2.24) is 0 Å².